The molecule has 2 aromatic carbocycles. The largest absolute Gasteiger partial charge is 0.481 e. The first kappa shape index (κ1) is 93.2. The van der Waals surface area contributed by atoms with Crippen LogP contribution in [-0.4, -0.2) is 302 Å². The van der Waals surface area contributed by atoms with Crippen LogP contribution in [0.1, 0.15) is 125 Å². The third-order valence-electron chi connectivity index (χ3n) is 21.3. The Kier molecular flexibility index (Phi) is 35.6. The molecule has 2 aromatic rings. The fraction of sp³-hybridized carbons (Fsp3) is 0.662. The zero-order chi connectivity index (χ0) is 84.2. The summed E-state index contributed by atoms with van der Waals surface area (Å²) in [6.45, 7) is 14.9. The zero-order valence-electron chi connectivity index (χ0n) is 66.5. The van der Waals surface area contributed by atoms with E-state index in [1.165, 1.54) is 50.4 Å². The van der Waals surface area contributed by atoms with Crippen molar-refractivity contribution in [3.05, 3.63) is 77.9 Å². The molecule has 3 heterocycles. The van der Waals surface area contributed by atoms with Crippen LogP contribution in [0.5, 0.6) is 0 Å². The fourth-order valence-electron chi connectivity index (χ4n) is 14.5. The van der Waals surface area contributed by atoms with Gasteiger partial charge < -0.3 is 111 Å². The lowest BCUT2D eigenvalue weighted by atomic mass is 9.80. The Bertz CT molecular complexity index is 3570. The second kappa shape index (κ2) is 43.2. The lowest BCUT2D eigenvalue weighted by Crippen LogP contribution is -2.60. The summed E-state index contributed by atoms with van der Waals surface area (Å²) in [6.07, 6.45) is -15.9. The third kappa shape index (κ3) is 24.5. The Morgan fingerprint density at radius 1 is 0.681 bits per heavy atom. The van der Waals surface area contributed by atoms with Crippen molar-refractivity contribution in [1.82, 2.24) is 46.2 Å². The summed E-state index contributed by atoms with van der Waals surface area (Å²) in [5.74, 6) is -12.2. The first-order valence-electron chi connectivity index (χ1n) is 38.1. The topological polar surface area (TPSA) is 507 Å². The van der Waals surface area contributed by atoms with Crippen molar-refractivity contribution < 1.29 is 127 Å². The maximum Gasteiger partial charge on any atom is 0.410 e. The Morgan fingerprint density at radius 2 is 1.31 bits per heavy atom. The number of nitrogens with one attached hydrogen (secondary N) is 6. The number of likely N-dealkylation sites (N-methyl/N-ethyl adjacent to an activating group) is 2. The number of imide groups is 1. The standard InChI is InChI=1S/C77H116N10O26/c1-15-41(8)61(50(108-13)33-57(93)86-31-19-22-49(86)68(109-14)42(9)70(100)79-43(10)69(45-20-17-16-18-21-45)112-51-32-47(75(105)106)62(94)65(97)63(51)95)84(11)74(104)59(39(4)5)83-73(103)60(40(6)7)85(12)77(107)111-36-44-23-25-46(26-24-44)80-71(101)48(37-110-76-67(99)66(98)64(96)52(35-88)113-76)81-72(102)58(38(2)3)82-53(89)29-30-78-54(90)34-87-55(91)27-28-56(87)92/h16-18,20-21,23-28,38-43,47-52,58-69,76,88,94-99H,15,19,22,29-37H2,1-14H3,(H,78,90)(H,79,100)(H,80,101)(H,81,102)(H,82,89)(H,83,103)(H,105,106)/t41-,42+,43+,47-,48-,49-,50+,51+,52+,58-,59-,60-,61-,62+,63-,64+,65-,66-,67+,68+,69+,76+/m0/s1. The van der Waals surface area contributed by atoms with E-state index in [-0.39, 0.29) is 49.9 Å². The highest BCUT2D eigenvalue weighted by Crippen LogP contribution is 2.35. The van der Waals surface area contributed by atoms with Crippen LogP contribution in [0, 0.1) is 35.5 Å². The summed E-state index contributed by atoms with van der Waals surface area (Å²) in [5.41, 5.74) is 1.12. The van der Waals surface area contributed by atoms with Gasteiger partial charge in [-0.3, -0.25) is 62.5 Å². The van der Waals surface area contributed by atoms with E-state index in [4.69, 9.17) is 28.4 Å². The van der Waals surface area contributed by atoms with Crippen molar-refractivity contribution >= 4 is 76.8 Å². The van der Waals surface area contributed by atoms with Crippen molar-refractivity contribution in [2.45, 2.75) is 230 Å². The highest BCUT2D eigenvalue weighted by atomic mass is 16.7. The van der Waals surface area contributed by atoms with Crippen molar-refractivity contribution in [1.29, 1.82) is 0 Å². The number of likely N-dealkylation sites (tertiary alicyclic amines) is 1. The second-order valence-corrected chi connectivity index (χ2v) is 30.4. The van der Waals surface area contributed by atoms with Gasteiger partial charge in [-0.2, -0.15) is 0 Å². The van der Waals surface area contributed by atoms with Crippen LogP contribution in [0.25, 0.3) is 0 Å². The number of benzene rings is 2. The number of nitrogens with zero attached hydrogens (tertiary/aromatic N) is 4. The summed E-state index contributed by atoms with van der Waals surface area (Å²) >= 11 is 0. The molecule has 6 rings (SSSR count). The number of carbonyl (C=O) groups excluding carboxylic acids is 11. The number of carbonyl (C=O) groups is 12. The molecule has 4 aliphatic rings. The summed E-state index contributed by atoms with van der Waals surface area (Å²) in [6, 6.07) is 7.17. The molecule has 14 N–H and O–H groups in total. The average Bonchev–Trinajstić information content (AvgIpc) is 1.62. The molecule has 2 saturated heterocycles. The number of aliphatic hydroxyl groups is 7. The molecule has 36 nitrogen and oxygen atoms in total. The predicted molar refractivity (Wildman–Crippen MR) is 402 cm³/mol. The summed E-state index contributed by atoms with van der Waals surface area (Å²) in [5, 5.41) is 99.2. The van der Waals surface area contributed by atoms with E-state index in [2.05, 4.69) is 31.9 Å². The smallest absolute Gasteiger partial charge is 0.410 e. The van der Waals surface area contributed by atoms with Crippen LogP contribution in [0.4, 0.5) is 10.5 Å². The van der Waals surface area contributed by atoms with Gasteiger partial charge in [0.1, 0.15) is 80.0 Å². The highest BCUT2D eigenvalue weighted by molar-refractivity contribution is 6.14. The van der Waals surface area contributed by atoms with Crippen molar-refractivity contribution in [2.24, 2.45) is 35.5 Å². The van der Waals surface area contributed by atoms with Crippen molar-refractivity contribution in [3.63, 3.8) is 0 Å². The first-order valence-corrected chi connectivity index (χ1v) is 38.1. The second-order valence-electron chi connectivity index (χ2n) is 30.4. The molecule has 0 bridgehead atoms. The Hall–Kier alpha value is -8.66. The summed E-state index contributed by atoms with van der Waals surface area (Å²) in [7, 11) is 5.84. The number of aliphatic carboxylic acids is 1. The number of aliphatic hydroxyl groups excluding tert-OH is 7. The van der Waals surface area contributed by atoms with Crippen LogP contribution in [0.2, 0.25) is 0 Å². The monoisotopic (exact) mass is 1600 g/mol. The Morgan fingerprint density at radius 3 is 1.88 bits per heavy atom. The average molecular weight is 1600 g/mol. The Labute approximate surface area is 657 Å². The molecule has 0 radical (unpaired) electrons. The molecular formula is C77H116N10O26. The molecule has 1 aliphatic carbocycles. The number of rotatable bonds is 40. The molecule has 113 heavy (non-hydrogen) atoms. The highest BCUT2D eigenvalue weighted by Gasteiger charge is 2.50. The first-order chi connectivity index (χ1) is 53.3. The van der Waals surface area contributed by atoms with Gasteiger partial charge in [-0.25, -0.2) is 4.79 Å². The minimum absolute atomic E-state index is 0.142. The number of methoxy groups -OCH3 is 2. The molecule has 11 amide bonds. The van der Waals surface area contributed by atoms with Crippen LogP contribution in [0.3, 0.4) is 0 Å². The quantitative estimate of drug-likeness (QED) is 0.0355. The Balaban J connectivity index is 1.07. The number of carboxylic acid groups (broad SMARTS) is 1. The van der Waals surface area contributed by atoms with Crippen molar-refractivity contribution in [2.75, 3.05) is 66.5 Å². The maximum atomic E-state index is 15.0. The van der Waals surface area contributed by atoms with Gasteiger partial charge in [0.05, 0.1) is 74.0 Å². The van der Waals surface area contributed by atoms with Gasteiger partial charge in [0.2, 0.25) is 47.3 Å². The molecule has 3 fully saturated rings. The lowest BCUT2D eigenvalue weighted by molar-refractivity contribution is -0.301. The van der Waals surface area contributed by atoms with Gasteiger partial charge in [-0.1, -0.05) is 111 Å². The van der Waals surface area contributed by atoms with E-state index < -0.39 is 230 Å². The molecule has 0 aromatic heterocycles. The number of carboxylic acids is 1. The molecular weight excluding hydrogens is 1480 g/mol. The van der Waals surface area contributed by atoms with Crippen LogP contribution >= 0.6 is 0 Å². The predicted octanol–water partition coefficient (Wildman–Crippen LogP) is -1.03. The van der Waals surface area contributed by atoms with Gasteiger partial charge in [-0.15, -0.1) is 0 Å². The lowest BCUT2D eigenvalue weighted by Gasteiger charge is -2.41. The van der Waals surface area contributed by atoms with Crippen LogP contribution in [-0.2, 0) is 87.8 Å². The molecule has 36 heteroatoms. The molecule has 22 atom stereocenters. The van der Waals surface area contributed by atoms with E-state index in [1.807, 2.05) is 13.8 Å². The minimum Gasteiger partial charge on any atom is -0.481 e. The minimum atomic E-state index is -1.89. The van der Waals surface area contributed by atoms with Gasteiger partial charge in [-0.05, 0) is 73.1 Å². The van der Waals surface area contributed by atoms with E-state index in [0.717, 1.165) is 17.1 Å². The van der Waals surface area contributed by atoms with E-state index >= 15 is 0 Å². The van der Waals surface area contributed by atoms with E-state index in [9.17, 15) is 98.4 Å². The van der Waals surface area contributed by atoms with Gasteiger partial charge in [0, 0.05) is 65.7 Å². The normalized spacial score (nSPS) is 24.7. The van der Waals surface area contributed by atoms with E-state index in [1.54, 1.807) is 97.7 Å². The summed E-state index contributed by atoms with van der Waals surface area (Å²) < 4.78 is 35.3. The van der Waals surface area contributed by atoms with Crippen LogP contribution < -0.4 is 31.9 Å². The van der Waals surface area contributed by atoms with Gasteiger partial charge in [0.15, 0.2) is 6.29 Å². The number of ether oxygens (including phenoxy) is 6. The van der Waals surface area contributed by atoms with Crippen LogP contribution in [0.15, 0.2) is 66.7 Å². The molecule has 0 spiro atoms. The number of anilines is 1. The van der Waals surface area contributed by atoms with Crippen molar-refractivity contribution in [3.8, 4) is 0 Å². The van der Waals surface area contributed by atoms with Gasteiger partial charge in [0.25, 0.3) is 11.8 Å². The SMILES string of the molecule is CC[C@H](C)[C@@H]([C@@H](CC(=O)N1CCC[C@H]1[C@H](OC)[C@@H](C)C(=O)N[C@H](C)[C@@H](O[C@@H]1C[C@H](C(=O)O)[C@@H](O)[C@H](O)[C@H]1O)c1ccccc1)OC)N(C)C(=O)[C@@H](NC(=O)[C@H](C(C)C)N(C)C(=O)OCc1ccc(NC(=O)[C@H](CO[C@@H]2O[C@H](CO)[C@@H](O)[C@H](O)[C@H]2O)NC(=O)[C@@H](NC(=O)CCNC(=O)CN2C(=O)C=CC2=O)C(C)C)cc1)C(C)C. The molecule has 1 saturated carbocycles. The molecule has 3 aliphatic heterocycles. The summed E-state index contributed by atoms with van der Waals surface area (Å²) in [4.78, 5) is 167. The number of hydrogen-bond donors (Lipinski definition) is 14. The van der Waals surface area contributed by atoms with Gasteiger partial charge >= 0.3 is 12.1 Å². The third-order valence-corrected chi connectivity index (χ3v) is 21.3. The molecule has 0 unspecified atom stereocenters. The zero-order valence-corrected chi connectivity index (χ0v) is 66.5. The molecule has 630 valence electrons. The van der Waals surface area contributed by atoms with E-state index in [0.29, 0.717) is 41.8 Å². The fourth-order valence-corrected chi connectivity index (χ4v) is 14.5. The number of hydrogen-bond acceptors (Lipinski definition) is 25. The maximum absolute atomic E-state index is 15.0. The number of amides is 11.